The molecule has 0 atom stereocenters. The molecule has 0 saturated heterocycles. The first-order valence-corrected chi connectivity index (χ1v) is 12.0. The zero-order valence-electron chi connectivity index (χ0n) is 19.7. The van der Waals surface area contributed by atoms with Crippen molar-refractivity contribution in [3.63, 3.8) is 0 Å². The van der Waals surface area contributed by atoms with Crippen LogP contribution in [0.25, 0.3) is 11.3 Å². The van der Waals surface area contributed by atoms with Crippen molar-refractivity contribution in [2.24, 2.45) is 12.8 Å². The number of carbonyl (C=O) groups excluding carboxylic acids is 1. The van der Waals surface area contributed by atoms with Crippen molar-refractivity contribution in [3.05, 3.63) is 57.7 Å². The number of nitrogens with two attached hydrogens (primary N) is 1. The molecule has 2 amide bonds. The van der Waals surface area contributed by atoms with E-state index in [1.807, 2.05) is 40.9 Å². The summed E-state index contributed by atoms with van der Waals surface area (Å²) >= 11 is 3.61. The van der Waals surface area contributed by atoms with Crippen molar-refractivity contribution in [1.29, 1.82) is 0 Å². The number of hydrogen-bond acceptors (Lipinski definition) is 5. The summed E-state index contributed by atoms with van der Waals surface area (Å²) in [5.41, 5.74) is 11.9. The van der Waals surface area contributed by atoms with E-state index in [-0.39, 0.29) is 6.03 Å². The van der Waals surface area contributed by atoms with Gasteiger partial charge in [0.05, 0.1) is 30.6 Å². The van der Waals surface area contributed by atoms with Gasteiger partial charge in [-0.2, -0.15) is 5.10 Å². The summed E-state index contributed by atoms with van der Waals surface area (Å²) in [5, 5.41) is 7.44. The van der Waals surface area contributed by atoms with E-state index in [1.165, 1.54) is 11.1 Å². The highest BCUT2D eigenvalue weighted by Gasteiger charge is 2.23. The average molecular weight is 528 g/mol. The van der Waals surface area contributed by atoms with Crippen LogP contribution in [0.1, 0.15) is 23.1 Å². The number of halogens is 1. The highest BCUT2D eigenvalue weighted by atomic mass is 79.9. The van der Waals surface area contributed by atoms with Gasteiger partial charge >= 0.3 is 6.03 Å². The van der Waals surface area contributed by atoms with Crippen LogP contribution in [0.2, 0.25) is 0 Å². The second kappa shape index (κ2) is 10.5. The monoisotopic (exact) mass is 527 g/mol. The average Bonchev–Trinajstić information content (AvgIpc) is 3.19. The van der Waals surface area contributed by atoms with Crippen LogP contribution in [-0.4, -0.2) is 48.0 Å². The number of aryl methyl sites for hydroxylation is 2. The molecule has 0 unspecified atom stereocenters. The Bertz CT molecular complexity index is 1170. The van der Waals surface area contributed by atoms with E-state index in [4.69, 9.17) is 15.2 Å². The van der Waals surface area contributed by atoms with E-state index in [9.17, 15) is 4.79 Å². The third-order valence-electron chi connectivity index (χ3n) is 6.17. The number of amides is 2. The zero-order valence-corrected chi connectivity index (χ0v) is 21.3. The van der Waals surface area contributed by atoms with Gasteiger partial charge in [-0.1, -0.05) is 6.07 Å². The predicted octanol–water partition coefficient (Wildman–Crippen LogP) is 4.35. The quantitative estimate of drug-likeness (QED) is 0.476. The molecule has 0 spiro atoms. The van der Waals surface area contributed by atoms with Gasteiger partial charge in [-0.3, -0.25) is 4.68 Å². The van der Waals surface area contributed by atoms with Crippen LogP contribution in [0, 0.1) is 0 Å². The van der Waals surface area contributed by atoms with Gasteiger partial charge in [0.15, 0.2) is 11.5 Å². The van der Waals surface area contributed by atoms with Gasteiger partial charge in [-0.15, -0.1) is 0 Å². The number of fused-ring (bicyclic) bond motifs is 1. The largest absolute Gasteiger partial charge is 0.493 e. The van der Waals surface area contributed by atoms with Crippen LogP contribution in [0.15, 0.2) is 41.0 Å². The minimum absolute atomic E-state index is 0.134. The standard InChI is InChI=1S/C25H30BrN5O3/c1-30-24(21(26)14-28-30)20-13-19(7-6-16(20)5-4-9-27)29-25(32)31-10-8-17-11-22(33-2)23(34-3)12-18(17)15-31/h6-7,11-14H,4-5,8-10,15,27H2,1-3H3,(H,29,32). The smallest absolute Gasteiger partial charge is 0.322 e. The summed E-state index contributed by atoms with van der Waals surface area (Å²) in [6, 6.07) is 9.84. The molecule has 0 fully saturated rings. The van der Waals surface area contributed by atoms with E-state index in [0.717, 1.165) is 46.2 Å². The Morgan fingerprint density at radius 1 is 1.18 bits per heavy atom. The topological polar surface area (TPSA) is 94.6 Å². The molecule has 1 aromatic heterocycles. The van der Waals surface area contributed by atoms with Gasteiger partial charge in [0, 0.05) is 31.4 Å². The van der Waals surface area contributed by atoms with Crippen molar-refractivity contribution < 1.29 is 14.3 Å². The molecular weight excluding hydrogens is 498 g/mol. The van der Waals surface area contributed by atoms with Crippen LogP contribution in [-0.2, 0) is 26.4 Å². The number of nitrogens with zero attached hydrogens (tertiary/aromatic N) is 3. The van der Waals surface area contributed by atoms with Crippen molar-refractivity contribution in [3.8, 4) is 22.8 Å². The van der Waals surface area contributed by atoms with E-state index in [2.05, 4.69) is 32.4 Å². The number of hydrogen-bond donors (Lipinski definition) is 2. The molecule has 4 rings (SSSR count). The van der Waals surface area contributed by atoms with Crippen molar-refractivity contribution >= 4 is 27.6 Å². The molecule has 34 heavy (non-hydrogen) atoms. The van der Waals surface area contributed by atoms with Gasteiger partial charge in [0.25, 0.3) is 0 Å². The first-order valence-electron chi connectivity index (χ1n) is 11.3. The zero-order chi connectivity index (χ0) is 24.2. The number of rotatable bonds is 7. The molecule has 0 saturated carbocycles. The van der Waals surface area contributed by atoms with Crippen molar-refractivity contribution in [1.82, 2.24) is 14.7 Å². The molecule has 8 nitrogen and oxygen atoms in total. The number of aromatic nitrogens is 2. The summed E-state index contributed by atoms with van der Waals surface area (Å²) in [4.78, 5) is 15.0. The van der Waals surface area contributed by atoms with Gasteiger partial charge in [-0.05, 0) is 82.7 Å². The summed E-state index contributed by atoms with van der Waals surface area (Å²) in [6.45, 7) is 1.76. The maximum Gasteiger partial charge on any atom is 0.322 e. The lowest BCUT2D eigenvalue weighted by molar-refractivity contribution is 0.206. The van der Waals surface area contributed by atoms with E-state index in [0.29, 0.717) is 31.1 Å². The lowest BCUT2D eigenvalue weighted by Crippen LogP contribution is -2.38. The number of benzene rings is 2. The molecule has 9 heteroatoms. The normalized spacial score (nSPS) is 12.9. The molecule has 0 bridgehead atoms. The fourth-order valence-corrected chi connectivity index (χ4v) is 4.92. The SMILES string of the molecule is COc1cc2c(cc1OC)CN(C(=O)Nc1ccc(CCCN)c(-c3c(Br)cnn3C)c1)CC2. The molecule has 2 aromatic carbocycles. The van der Waals surface area contributed by atoms with Crippen LogP contribution < -0.4 is 20.5 Å². The molecule has 2 heterocycles. The molecular formula is C25H30BrN5O3. The molecule has 0 radical (unpaired) electrons. The number of methoxy groups -OCH3 is 2. The molecule has 3 aromatic rings. The molecule has 180 valence electrons. The molecule has 1 aliphatic rings. The van der Waals surface area contributed by atoms with Gasteiger partial charge in [-0.25, -0.2) is 4.79 Å². The van der Waals surface area contributed by atoms with Crippen molar-refractivity contribution in [2.75, 3.05) is 32.6 Å². The van der Waals surface area contributed by atoms with Crippen LogP contribution >= 0.6 is 15.9 Å². The summed E-state index contributed by atoms with van der Waals surface area (Å²) in [6.07, 6.45) is 4.28. The summed E-state index contributed by atoms with van der Waals surface area (Å²) in [5.74, 6) is 1.38. The number of ether oxygens (including phenoxy) is 2. The summed E-state index contributed by atoms with van der Waals surface area (Å²) < 4.78 is 13.6. The maximum atomic E-state index is 13.2. The maximum absolute atomic E-state index is 13.2. The Morgan fingerprint density at radius 2 is 1.91 bits per heavy atom. The third kappa shape index (κ3) is 4.90. The number of urea groups is 1. The lowest BCUT2D eigenvalue weighted by atomic mass is 9.98. The van der Waals surface area contributed by atoms with E-state index < -0.39 is 0 Å². The van der Waals surface area contributed by atoms with E-state index in [1.54, 1.807) is 20.4 Å². The van der Waals surface area contributed by atoms with Gasteiger partial charge in [0.1, 0.15) is 0 Å². The Labute approximate surface area is 208 Å². The fraction of sp³-hybridized carbons (Fsp3) is 0.360. The first kappa shape index (κ1) is 24.1. The number of nitrogens with one attached hydrogen (secondary N) is 1. The van der Waals surface area contributed by atoms with Gasteiger partial charge < -0.3 is 25.4 Å². The van der Waals surface area contributed by atoms with Crippen LogP contribution in [0.5, 0.6) is 11.5 Å². The van der Waals surface area contributed by atoms with Gasteiger partial charge in [0.2, 0.25) is 0 Å². The van der Waals surface area contributed by atoms with Crippen molar-refractivity contribution in [2.45, 2.75) is 25.8 Å². The lowest BCUT2D eigenvalue weighted by Gasteiger charge is -2.30. The number of anilines is 1. The Morgan fingerprint density at radius 3 is 2.56 bits per heavy atom. The molecule has 3 N–H and O–H groups in total. The minimum Gasteiger partial charge on any atom is -0.493 e. The Balaban J connectivity index is 1.56. The first-order chi connectivity index (χ1) is 16.4. The second-order valence-corrected chi connectivity index (χ2v) is 9.16. The fourth-order valence-electron chi connectivity index (χ4n) is 4.36. The second-order valence-electron chi connectivity index (χ2n) is 8.31. The predicted molar refractivity (Wildman–Crippen MR) is 136 cm³/mol. The highest BCUT2D eigenvalue weighted by molar-refractivity contribution is 9.10. The Hall–Kier alpha value is -3.04. The highest BCUT2D eigenvalue weighted by Crippen LogP contribution is 2.35. The minimum atomic E-state index is -0.134. The van der Waals surface area contributed by atoms with Crippen LogP contribution in [0.4, 0.5) is 10.5 Å². The number of carbonyl (C=O) groups is 1. The van der Waals surface area contributed by atoms with E-state index >= 15 is 0 Å². The molecule has 0 aliphatic carbocycles. The van der Waals surface area contributed by atoms with Crippen LogP contribution in [0.3, 0.4) is 0 Å². The summed E-state index contributed by atoms with van der Waals surface area (Å²) in [7, 11) is 5.16. The Kier molecular flexibility index (Phi) is 7.43. The third-order valence-corrected chi connectivity index (χ3v) is 6.75. The molecule has 1 aliphatic heterocycles.